The highest BCUT2D eigenvalue weighted by molar-refractivity contribution is 5.88. The van der Waals surface area contributed by atoms with E-state index in [0.717, 1.165) is 18.4 Å². The molecule has 25 heavy (non-hydrogen) atoms. The van der Waals surface area contributed by atoms with Crippen LogP contribution in [0.5, 0.6) is 0 Å². The Balaban J connectivity index is 1.67. The van der Waals surface area contributed by atoms with Gasteiger partial charge in [-0.25, -0.2) is 4.79 Å². The molecule has 0 saturated carbocycles. The monoisotopic (exact) mass is 343 g/mol. The summed E-state index contributed by atoms with van der Waals surface area (Å²) in [6.07, 6.45) is 1.33. The summed E-state index contributed by atoms with van der Waals surface area (Å²) in [7, 11) is 0. The molecule has 0 aliphatic carbocycles. The molecule has 1 saturated heterocycles. The van der Waals surface area contributed by atoms with E-state index in [0.29, 0.717) is 18.1 Å². The van der Waals surface area contributed by atoms with Crippen molar-refractivity contribution in [1.29, 1.82) is 0 Å². The minimum absolute atomic E-state index is 0.112. The Labute approximate surface area is 145 Å². The highest BCUT2D eigenvalue weighted by Crippen LogP contribution is 2.33. The number of hydrogen-bond acceptors (Lipinski definition) is 4. The number of furan rings is 1. The summed E-state index contributed by atoms with van der Waals surface area (Å²) >= 11 is 0. The van der Waals surface area contributed by atoms with E-state index in [4.69, 9.17) is 14.3 Å². The first-order chi connectivity index (χ1) is 12.1. The Morgan fingerprint density at radius 3 is 2.72 bits per heavy atom. The second-order valence-corrected chi connectivity index (χ2v) is 6.16. The van der Waals surface area contributed by atoms with Crippen molar-refractivity contribution in [2.45, 2.75) is 32.4 Å². The molecule has 132 valence electrons. The molecule has 0 spiro atoms. The summed E-state index contributed by atoms with van der Waals surface area (Å²) in [5.74, 6) is -0.662. The zero-order valence-electron chi connectivity index (χ0n) is 14.0. The van der Waals surface area contributed by atoms with Crippen LogP contribution in [0.1, 0.15) is 46.4 Å². The van der Waals surface area contributed by atoms with E-state index in [9.17, 15) is 9.59 Å². The number of amides is 1. The van der Waals surface area contributed by atoms with Gasteiger partial charge in [-0.2, -0.15) is 0 Å². The van der Waals surface area contributed by atoms with Gasteiger partial charge in [-0.05, 0) is 31.4 Å². The van der Waals surface area contributed by atoms with Gasteiger partial charge in [-0.1, -0.05) is 30.3 Å². The van der Waals surface area contributed by atoms with Crippen LogP contribution in [0.4, 0.5) is 0 Å². The molecule has 1 aromatic carbocycles. The lowest BCUT2D eigenvalue weighted by molar-refractivity contribution is -0.135. The normalized spacial score (nSPS) is 20.2. The van der Waals surface area contributed by atoms with Crippen molar-refractivity contribution in [1.82, 2.24) is 5.32 Å². The maximum absolute atomic E-state index is 12.6. The first-order valence-corrected chi connectivity index (χ1v) is 8.33. The summed E-state index contributed by atoms with van der Waals surface area (Å²) < 4.78 is 11.2. The van der Waals surface area contributed by atoms with Crippen LogP contribution in [-0.2, 0) is 16.1 Å². The fourth-order valence-corrected chi connectivity index (χ4v) is 3.17. The van der Waals surface area contributed by atoms with Crippen LogP contribution in [0.3, 0.4) is 0 Å². The molecular formula is C19H21NO5. The van der Waals surface area contributed by atoms with Gasteiger partial charge in [0.15, 0.2) is 0 Å². The maximum atomic E-state index is 12.6. The Bertz CT molecular complexity index is 752. The molecule has 2 N–H and O–H groups in total. The molecule has 1 aliphatic heterocycles. The van der Waals surface area contributed by atoms with Crippen LogP contribution in [0, 0.1) is 12.8 Å². The van der Waals surface area contributed by atoms with E-state index in [1.54, 1.807) is 6.92 Å². The quantitative estimate of drug-likeness (QED) is 0.871. The van der Waals surface area contributed by atoms with E-state index < -0.39 is 5.97 Å². The van der Waals surface area contributed by atoms with Gasteiger partial charge in [0.2, 0.25) is 5.91 Å². The number of nitrogens with one attached hydrogen (secondary N) is 1. The number of hydrogen-bond donors (Lipinski definition) is 2. The number of carboxylic acids is 1. The van der Waals surface area contributed by atoms with Crippen molar-refractivity contribution in [3.8, 4) is 0 Å². The fraction of sp³-hybridized carbons (Fsp3) is 0.368. The standard InChI is InChI=1S/C19H21NO5/c1-12-16(19(22)23)10-14(25-12)11-20-18(21)15-8-5-9-24-17(15)13-6-3-2-4-7-13/h2-4,6-7,10,15,17H,5,8-9,11H2,1H3,(H,20,21)(H,22,23)/t15-,17-/m0/s1. The Kier molecular flexibility index (Phi) is 5.19. The maximum Gasteiger partial charge on any atom is 0.339 e. The largest absolute Gasteiger partial charge is 0.478 e. The van der Waals surface area contributed by atoms with E-state index in [-0.39, 0.29) is 30.0 Å². The van der Waals surface area contributed by atoms with Crippen molar-refractivity contribution < 1.29 is 23.8 Å². The van der Waals surface area contributed by atoms with Gasteiger partial charge in [0.05, 0.1) is 18.6 Å². The molecule has 2 atom stereocenters. The first kappa shape index (κ1) is 17.2. The van der Waals surface area contributed by atoms with Gasteiger partial charge in [0, 0.05) is 6.61 Å². The minimum atomic E-state index is -1.04. The molecule has 6 heteroatoms. The first-order valence-electron chi connectivity index (χ1n) is 8.33. The number of aromatic carboxylic acids is 1. The van der Waals surface area contributed by atoms with Gasteiger partial charge in [-0.15, -0.1) is 0 Å². The van der Waals surface area contributed by atoms with Crippen LogP contribution in [0.15, 0.2) is 40.8 Å². The average molecular weight is 343 g/mol. The molecule has 2 heterocycles. The van der Waals surface area contributed by atoms with Crippen LogP contribution < -0.4 is 5.32 Å². The zero-order chi connectivity index (χ0) is 17.8. The Hall–Kier alpha value is -2.60. The third kappa shape index (κ3) is 3.91. The molecule has 3 rings (SSSR count). The van der Waals surface area contributed by atoms with Gasteiger partial charge < -0.3 is 19.6 Å². The summed E-state index contributed by atoms with van der Waals surface area (Å²) in [5, 5.41) is 11.9. The fourth-order valence-electron chi connectivity index (χ4n) is 3.17. The lowest BCUT2D eigenvalue weighted by Crippen LogP contribution is -2.37. The van der Waals surface area contributed by atoms with Crippen LogP contribution in [0.25, 0.3) is 0 Å². The molecule has 1 fully saturated rings. The zero-order valence-corrected chi connectivity index (χ0v) is 14.0. The summed E-state index contributed by atoms with van der Waals surface area (Å²) in [6, 6.07) is 11.2. The second kappa shape index (κ2) is 7.53. The molecule has 0 unspecified atom stereocenters. The number of rotatable bonds is 5. The molecule has 2 aromatic rings. The average Bonchev–Trinajstić information content (AvgIpc) is 3.01. The minimum Gasteiger partial charge on any atom is -0.478 e. The third-order valence-electron chi connectivity index (χ3n) is 4.42. The topological polar surface area (TPSA) is 88.8 Å². The van der Waals surface area contributed by atoms with Crippen molar-refractivity contribution in [3.63, 3.8) is 0 Å². The summed E-state index contributed by atoms with van der Waals surface area (Å²) in [5.41, 5.74) is 1.11. The van der Waals surface area contributed by atoms with Crippen molar-refractivity contribution >= 4 is 11.9 Å². The van der Waals surface area contributed by atoms with Gasteiger partial charge in [-0.3, -0.25) is 4.79 Å². The molecule has 1 aromatic heterocycles. The number of ether oxygens (including phenoxy) is 1. The SMILES string of the molecule is Cc1oc(CNC(=O)[C@H]2CCCO[C@H]2c2ccccc2)cc1C(=O)O. The molecule has 0 bridgehead atoms. The molecule has 1 amide bonds. The lowest BCUT2D eigenvalue weighted by Gasteiger charge is -2.31. The van der Waals surface area contributed by atoms with E-state index >= 15 is 0 Å². The van der Waals surface area contributed by atoms with Gasteiger partial charge in [0.1, 0.15) is 17.1 Å². The second-order valence-electron chi connectivity index (χ2n) is 6.16. The number of carboxylic acid groups (broad SMARTS) is 1. The van der Waals surface area contributed by atoms with Gasteiger partial charge >= 0.3 is 5.97 Å². The molecule has 6 nitrogen and oxygen atoms in total. The lowest BCUT2D eigenvalue weighted by atomic mass is 9.89. The highest BCUT2D eigenvalue weighted by atomic mass is 16.5. The smallest absolute Gasteiger partial charge is 0.339 e. The predicted octanol–water partition coefficient (Wildman–Crippen LogP) is 3.07. The Morgan fingerprint density at radius 2 is 2.04 bits per heavy atom. The van der Waals surface area contributed by atoms with Crippen molar-refractivity contribution in [2.75, 3.05) is 6.61 Å². The number of aryl methyl sites for hydroxylation is 1. The van der Waals surface area contributed by atoms with Crippen molar-refractivity contribution in [3.05, 3.63) is 59.0 Å². The van der Waals surface area contributed by atoms with Crippen molar-refractivity contribution in [2.24, 2.45) is 5.92 Å². The van der Waals surface area contributed by atoms with Gasteiger partial charge in [0.25, 0.3) is 0 Å². The molecule has 1 aliphatic rings. The number of carbonyl (C=O) groups excluding carboxylic acids is 1. The number of carbonyl (C=O) groups is 2. The van der Waals surface area contributed by atoms with E-state index in [1.807, 2.05) is 30.3 Å². The molecule has 0 radical (unpaired) electrons. The number of benzene rings is 1. The Morgan fingerprint density at radius 1 is 1.28 bits per heavy atom. The van der Waals surface area contributed by atoms with E-state index in [1.165, 1.54) is 6.07 Å². The van der Waals surface area contributed by atoms with Crippen LogP contribution in [0.2, 0.25) is 0 Å². The van der Waals surface area contributed by atoms with Crippen LogP contribution in [-0.4, -0.2) is 23.6 Å². The van der Waals surface area contributed by atoms with Crippen LogP contribution >= 0.6 is 0 Å². The highest BCUT2D eigenvalue weighted by Gasteiger charge is 2.33. The molecular weight excluding hydrogens is 322 g/mol. The summed E-state index contributed by atoms with van der Waals surface area (Å²) in [4.78, 5) is 23.7. The third-order valence-corrected chi connectivity index (χ3v) is 4.42. The predicted molar refractivity (Wildman–Crippen MR) is 90.1 cm³/mol. The van der Waals surface area contributed by atoms with E-state index in [2.05, 4.69) is 5.32 Å². The summed E-state index contributed by atoms with van der Waals surface area (Å²) in [6.45, 7) is 2.39.